The molecule has 2 saturated heterocycles. The van der Waals surface area contributed by atoms with Crippen LogP contribution in [0.3, 0.4) is 0 Å². The fourth-order valence-corrected chi connectivity index (χ4v) is 4.08. The molecule has 0 bridgehead atoms. The van der Waals surface area contributed by atoms with Gasteiger partial charge in [0, 0.05) is 38.6 Å². The highest BCUT2D eigenvalue weighted by Crippen LogP contribution is 2.27. The topological polar surface area (TPSA) is 62.2 Å². The van der Waals surface area contributed by atoms with Crippen LogP contribution in [0.2, 0.25) is 0 Å². The minimum Gasteiger partial charge on any atom is -0.369 e. The van der Waals surface area contributed by atoms with Gasteiger partial charge in [0.25, 0.3) is 0 Å². The van der Waals surface area contributed by atoms with E-state index in [0.717, 1.165) is 56.6 Å². The Morgan fingerprint density at radius 3 is 2.80 bits per heavy atom. The van der Waals surface area contributed by atoms with E-state index in [2.05, 4.69) is 31.7 Å². The van der Waals surface area contributed by atoms with Gasteiger partial charge in [-0.3, -0.25) is 9.78 Å². The molecule has 4 heterocycles. The first-order valence-electron chi connectivity index (χ1n) is 9.31. The van der Waals surface area contributed by atoms with E-state index in [9.17, 15) is 4.79 Å². The molecular formula is C19H25N5O. The van der Waals surface area contributed by atoms with Gasteiger partial charge in [-0.2, -0.15) is 0 Å². The molecule has 2 fully saturated rings. The summed E-state index contributed by atoms with van der Waals surface area (Å²) in [6, 6.07) is 2.03. The fourth-order valence-electron chi connectivity index (χ4n) is 4.08. The van der Waals surface area contributed by atoms with Gasteiger partial charge in [-0.05, 0) is 37.7 Å². The van der Waals surface area contributed by atoms with Crippen molar-refractivity contribution in [2.45, 2.75) is 32.6 Å². The van der Waals surface area contributed by atoms with E-state index in [1.165, 1.54) is 6.42 Å². The van der Waals surface area contributed by atoms with Crippen molar-refractivity contribution in [3.63, 3.8) is 0 Å². The molecule has 25 heavy (non-hydrogen) atoms. The summed E-state index contributed by atoms with van der Waals surface area (Å²) in [4.78, 5) is 30.3. The van der Waals surface area contributed by atoms with E-state index < -0.39 is 0 Å². The van der Waals surface area contributed by atoms with Gasteiger partial charge in [-0.1, -0.05) is 6.92 Å². The molecule has 6 nitrogen and oxygen atoms in total. The number of carbonyl (C=O) groups is 1. The van der Waals surface area contributed by atoms with Gasteiger partial charge in [0.15, 0.2) is 5.65 Å². The lowest BCUT2D eigenvalue weighted by Crippen LogP contribution is -2.47. The summed E-state index contributed by atoms with van der Waals surface area (Å²) in [6.45, 7) is 5.83. The lowest BCUT2D eigenvalue weighted by atomic mass is 9.93. The largest absolute Gasteiger partial charge is 0.369 e. The lowest BCUT2D eigenvalue weighted by Gasteiger charge is -2.38. The zero-order valence-electron chi connectivity index (χ0n) is 14.8. The quantitative estimate of drug-likeness (QED) is 0.841. The highest BCUT2D eigenvalue weighted by molar-refractivity contribution is 5.80. The summed E-state index contributed by atoms with van der Waals surface area (Å²) < 4.78 is 0. The standard InChI is InChI=1S/C19H25N5O/c1-14-4-2-9-24(12-14)19(25)15-5-3-8-23(13-15)16-10-17-18(22-11-16)21-7-6-20-17/h6-7,10-11,14-15H,2-5,8-9,12-13H2,1H3/t14-,15+/m0/s1. The van der Waals surface area contributed by atoms with E-state index in [-0.39, 0.29) is 5.92 Å². The van der Waals surface area contributed by atoms with E-state index in [1.807, 2.05) is 12.3 Å². The van der Waals surface area contributed by atoms with Crippen molar-refractivity contribution in [2.75, 3.05) is 31.1 Å². The number of carbonyl (C=O) groups excluding carboxylic acids is 1. The second-order valence-corrected chi connectivity index (χ2v) is 7.41. The number of hydrogen-bond acceptors (Lipinski definition) is 5. The summed E-state index contributed by atoms with van der Waals surface area (Å²) >= 11 is 0. The Morgan fingerprint density at radius 2 is 1.92 bits per heavy atom. The molecule has 0 unspecified atom stereocenters. The van der Waals surface area contributed by atoms with Crippen molar-refractivity contribution >= 4 is 22.8 Å². The zero-order valence-corrected chi connectivity index (χ0v) is 14.8. The van der Waals surface area contributed by atoms with Crippen LogP contribution in [0.5, 0.6) is 0 Å². The third-order valence-electron chi connectivity index (χ3n) is 5.41. The lowest BCUT2D eigenvalue weighted by molar-refractivity contribution is -0.137. The smallest absolute Gasteiger partial charge is 0.227 e. The fraction of sp³-hybridized carbons (Fsp3) is 0.579. The number of hydrogen-bond donors (Lipinski definition) is 0. The van der Waals surface area contributed by atoms with Crippen LogP contribution < -0.4 is 4.90 Å². The van der Waals surface area contributed by atoms with Gasteiger partial charge in [0.1, 0.15) is 5.52 Å². The van der Waals surface area contributed by atoms with Crippen LogP contribution in [-0.2, 0) is 4.79 Å². The minimum absolute atomic E-state index is 0.0941. The maximum absolute atomic E-state index is 12.9. The molecule has 0 aromatic carbocycles. The van der Waals surface area contributed by atoms with Gasteiger partial charge in [-0.25, -0.2) is 9.97 Å². The van der Waals surface area contributed by atoms with E-state index >= 15 is 0 Å². The summed E-state index contributed by atoms with van der Waals surface area (Å²) in [6.07, 6.45) is 9.60. The Hall–Kier alpha value is -2.24. The van der Waals surface area contributed by atoms with Gasteiger partial charge in [-0.15, -0.1) is 0 Å². The third-order valence-corrected chi connectivity index (χ3v) is 5.41. The van der Waals surface area contributed by atoms with E-state index in [4.69, 9.17) is 0 Å². The van der Waals surface area contributed by atoms with Crippen LogP contribution in [0, 0.1) is 11.8 Å². The maximum atomic E-state index is 12.9. The van der Waals surface area contributed by atoms with Crippen molar-refractivity contribution < 1.29 is 4.79 Å². The Kier molecular flexibility index (Phi) is 4.51. The zero-order chi connectivity index (χ0) is 17.2. The van der Waals surface area contributed by atoms with Gasteiger partial charge in [0.05, 0.1) is 17.8 Å². The summed E-state index contributed by atoms with van der Waals surface area (Å²) in [5.74, 6) is 1.06. The number of piperidine rings is 2. The number of fused-ring (bicyclic) bond motifs is 1. The molecule has 2 aromatic heterocycles. The summed E-state index contributed by atoms with van der Waals surface area (Å²) in [7, 11) is 0. The molecule has 2 atom stereocenters. The van der Waals surface area contributed by atoms with Crippen LogP contribution in [0.1, 0.15) is 32.6 Å². The number of aromatic nitrogens is 3. The molecule has 2 aromatic rings. The van der Waals surface area contributed by atoms with Gasteiger partial charge < -0.3 is 9.80 Å². The Morgan fingerprint density at radius 1 is 1.08 bits per heavy atom. The summed E-state index contributed by atoms with van der Waals surface area (Å²) in [5.41, 5.74) is 2.51. The molecule has 0 aliphatic carbocycles. The first-order valence-corrected chi connectivity index (χ1v) is 9.31. The second kappa shape index (κ2) is 6.94. The SMILES string of the molecule is C[C@H]1CCCN(C(=O)[C@@H]2CCCN(c3cnc4nccnc4c3)C2)C1. The number of amides is 1. The van der Waals surface area contributed by atoms with Crippen LogP contribution in [0.4, 0.5) is 5.69 Å². The number of likely N-dealkylation sites (tertiary alicyclic amines) is 1. The molecule has 0 N–H and O–H groups in total. The first kappa shape index (κ1) is 16.2. The maximum Gasteiger partial charge on any atom is 0.227 e. The molecule has 2 aliphatic rings. The minimum atomic E-state index is 0.0941. The van der Waals surface area contributed by atoms with E-state index in [1.54, 1.807) is 12.4 Å². The second-order valence-electron chi connectivity index (χ2n) is 7.41. The molecule has 2 aliphatic heterocycles. The predicted octanol–water partition coefficient (Wildman–Crippen LogP) is 2.50. The number of rotatable bonds is 2. The molecule has 0 saturated carbocycles. The number of pyridine rings is 1. The van der Waals surface area contributed by atoms with Crippen molar-refractivity contribution in [1.29, 1.82) is 0 Å². The van der Waals surface area contributed by atoms with Crippen LogP contribution in [-0.4, -0.2) is 51.9 Å². The Labute approximate surface area is 148 Å². The molecule has 0 spiro atoms. The average molecular weight is 339 g/mol. The highest BCUT2D eigenvalue weighted by Gasteiger charge is 2.31. The van der Waals surface area contributed by atoms with Crippen LogP contribution in [0.15, 0.2) is 24.7 Å². The normalized spacial score (nSPS) is 24.5. The molecule has 0 radical (unpaired) electrons. The molecular weight excluding hydrogens is 314 g/mol. The highest BCUT2D eigenvalue weighted by atomic mass is 16.2. The van der Waals surface area contributed by atoms with Crippen LogP contribution >= 0.6 is 0 Å². The number of nitrogens with zero attached hydrogens (tertiary/aromatic N) is 5. The summed E-state index contributed by atoms with van der Waals surface area (Å²) in [5, 5.41) is 0. The Balaban J connectivity index is 1.49. The van der Waals surface area contributed by atoms with Crippen molar-refractivity contribution in [1.82, 2.24) is 19.9 Å². The van der Waals surface area contributed by atoms with Gasteiger partial charge in [0.2, 0.25) is 5.91 Å². The predicted molar refractivity (Wildman–Crippen MR) is 97.2 cm³/mol. The Bertz CT molecular complexity index is 764. The van der Waals surface area contributed by atoms with Crippen molar-refractivity contribution in [3.05, 3.63) is 24.7 Å². The molecule has 132 valence electrons. The first-order chi connectivity index (χ1) is 12.2. The molecule has 1 amide bonds. The molecule has 6 heteroatoms. The van der Waals surface area contributed by atoms with Crippen molar-refractivity contribution in [3.8, 4) is 0 Å². The van der Waals surface area contributed by atoms with Crippen molar-refractivity contribution in [2.24, 2.45) is 11.8 Å². The van der Waals surface area contributed by atoms with E-state index in [0.29, 0.717) is 17.5 Å². The number of anilines is 1. The van der Waals surface area contributed by atoms with Gasteiger partial charge >= 0.3 is 0 Å². The average Bonchev–Trinajstić information content (AvgIpc) is 2.67. The third kappa shape index (κ3) is 3.43. The monoisotopic (exact) mass is 339 g/mol. The van der Waals surface area contributed by atoms with Crippen LogP contribution in [0.25, 0.3) is 11.2 Å². The molecule has 4 rings (SSSR count).